The van der Waals surface area contributed by atoms with Crippen LogP contribution in [0, 0.1) is 0 Å². The van der Waals surface area contributed by atoms with Gasteiger partial charge in [0.25, 0.3) is 0 Å². The molecule has 4 N–H and O–H groups in total. The molecule has 1 fully saturated rings. The van der Waals surface area contributed by atoms with Crippen LogP contribution in [0.4, 0.5) is 11.9 Å². The van der Waals surface area contributed by atoms with Crippen LogP contribution in [-0.4, -0.2) is 52.0 Å². The molecule has 1 amide bonds. The highest BCUT2D eigenvalue weighted by molar-refractivity contribution is 5.76. The van der Waals surface area contributed by atoms with Gasteiger partial charge in [-0.25, -0.2) is 5.84 Å². The first-order chi connectivity index (χ1) is 9.62. The van der Waals surface area contributed by atoms with Crippen molar-refractivity contribution in [2.45, 2.75) is 25.8 Å². The average molecular weight is 281 g/mol. The van der Waals surface area contributed by atoms with E-state index in [1.807, 2.05) is 6.92 Å². The summed E-state index contributed by atoms with van der Waals surface area (Å²) in [5.74, 6) is 6.08. The van der Waals surface area contributed by atoms with Crippen molar-refractivity contribution in [3.8, 4) is 6.01 Å². The molecular formula is C11H19N7O2. The van der Waals surface area contributed by atoms with Crippen LogP contribution in [0.3, 0.4) is 0 Å². The Bertz CT molecular complexity index is 482. The van der Waals surface area contributed by atoms with Gasteiger partial charge in [0.1, 0.15) is 0 Å². The lowest BCUT2D eigenvalue weighted by Gasteiger charge is -2.30. The molecule has 0 aromatic carbocycles. The van der Waals surface area contributed by atoms with Gasteiger partial charge in [-0.2, -0.15) is 15.0 Å². The van der Waals surface area contributed by atoms with E-state index >= 15 is 0 Å². The third-order valence-corrected chi connectivity index (χ3v) is 2.98. The summed E-state index contributed by atoms with van der Waals surface area (Å²) in [5.41, 5.74) is 2.37. The molecule has 1 aliphatic heterocycles. The first-order valence-corrected chi connectivity index (χ1v) is 6.48. The number of hydrazine groups is 1. The molecular weight excluding hydrogens is 262 g/mol. The number of rotatable bonds is 5. The van der Waals surface area contributed by atoms with Gasteiger partial charge in [0, 0.05) is 26.1 Å². The number of hydrogen-bond donors (Lipinski definition) is 3. The van der Waals surface area contributed by atoms with E-state index in [4.69, 9.17) is 10.6 Å². The molecule has 0 saturated carbocycles. The van der Waals surface area contributed by atoms with Gasteiger partial charge in [0.15, 0.2) is 0 Å². The summed E-state index contributed by atoms with van der Waals surface area (Å²) in [6.45, 7) is 2.90. The Labute approximate surface area is 116 Å². The summed E-state index contributed by atoms with van der Waals surface area (Å²) in [6, 6.07) is 0.304. The summed E-state index contributed by atoms with van der Waals surface area (Å²) < 4.78 is 5.25. The summed E-state index contributed by atoms with van der Waals surface area (Å²) in [4.78, 5) is 25.4. The predicted molar refractivity (Wildman–Crippen MR) is 73.1 cm³/mol. The number of piperidine rings is 1. The molecule has 1 atom stereocenters. The van der Waals surface area contributed by atoms with Crippen LogP contribution in [-0.2, 0) is 4.79 Å². The number of hydrogen-bond acceptors (Lipinski definition) is 8. The van der Waals surface area contributed by atoms with Gasteiger partial charge in [0.05, 0.1) is 6.61 Å². The van der Waals surface area contributed by atoms with Crippen LogP contribution < -0.4 is 21.3 Å². The van der Waals surface area contributed by atoms with Crippen molar-refractivity contribution >= 4 is 17.8 Å². The van der Waals surface area contributed by atoms with E-state index in [9.17, 15) is 4.79 Å². The molecule has 0 bridgehead atoms. The number of likely N-dealkylation sites (tertiary alicyclic amines) is 1. The number of anilines is 2. The summed E-state index contributed by atoms with van der Waals surface area (Å²) in [6.07, 6.45) is 1.25. The molecule has 1 aromatic heterocycles. The van der Waals surface area contributed by atoms with Gasteiger partial charge in [-0.05, 0) is 13.3 Å². The van der Waals surface area contributed by atoms with Crippen LogP contribution in [0.2, 0.25) is 0 Å². The Morgan fingerprint density at radius 1 is 1.40 bits per heavy atom. The molecule has 2 heterocycles. The summed E-state index contributed by atoms with van der Waals surface area (Å²) in [7, 11) is 1.78. The standard InChI is InChI=1S/C11H19N7O2/c1-3-20-11-15-9(14-10(16-11)17-12)13-7-4-5-8(19)18(2)6-7/h7H,3-6,12H2,1-2H3,(H2,13,14,15,16,17). The molecule has 2 rings (SSSR count). The van der Waals surface area contributed by atoms with Gasteiger partial charge in [-0.3, -0.25) is 10.2 Å². The number of nitrogen functional groups attached to an aromatic ring is 1. The topological polar surface area (TPSA) is 118 Å². The van der Waals surface area contributed by atoms with Crippen LogP contribution in [0.5, 0.6) is 6.01 Å². The SMILES string of the molecule is CCOc1nc(NN)nc(NC2CCC(=O)N(C)C2)n1. The molecule has 110 valence electrons. The highest BCUT2D eigenvalue weighted by atomic mass is 16.5. The largest absolute Gasteiger partial charge is 0.464 e. The number of ether oxygens (including phenoxy) is 1. The first kappa shape index (κ1) is 14.3. The van der Waals surface area contributed by atoms with E-state index in [1.165, 1.54) is 0 Å². The van der Waals surface area contributed by atoms with Crippen LogP contribution >= 0.6 is 0 Å². The van der Waals surface area contributed by atoms with Crippen molar-refractivity contribution in [2.75, 3.05) is 30.9 Å². The minimum atomic E-state index is 0.0974. The Kier molecular flexibility index (Phi) is 4.51. The lowest BCUT2D eigenvalue weighted by atomic mass is 10.1. The van der Waals surface area contributed by atoms with Crippen molar-refractivity contribution in [1.29, 1.82) is 0 Å². The normalized spacial score (nSPS) is 18.9. The van der Waals surface area contributed by atoms with E-state index in [2.05, 4.69) is 25.7 Å². The molecule has 0 aliphatic carbocycles. The van der Waals surface area contributed by atoms with Crippen LogP contribution in [0.15, 0.2) is 0 Å². The molecule has 20 heavy (non-hydrogen) atoms. The summed E-state index contributed by atoms with van der Waals surface area (Å²) >= 11 is 0. The third-order valence-electron chi connectivity index (χ3n) is 2.98. The second-order valence-corrected chi connectivity index (χ2v) is 4.50. The third kappa shape index (κ3) is 3.44. The second kappa shape index (κ2) is 6.33. The van der Waals surface area contributed by atoms with E-state index in [-0.39, 0.29) is 23.9 Å². The zero-order chi connectivity index (χ0) is 14.5. The zero-order valence-corrected chi connectivity index (χ0v) is 11.6. The average Bonchev–Trinajstić information content (AvgIpc) is 2.43. The molecule has 0 radical (unpaired) electrons. The zero-order valence-electron chi connectivity index (χ0n) is 11.6. The highest BCUT2D eigenvalue weighted by Gasteiger charge is 2.23. The van der Waals surface area contributed by atoms with E-state index < -0.39 is 0 Å². The molecule has 9 heteroatoms. The van der Waals surface area contributed by atoms with Gasteiger partial charge >= 0.3 is 6.01 Å². The van der Waals surface area contributed by atoms with Crippen molar-refractivity contribution in [1.82, 2.24) is 19.9 Å². The number of nitrogens with two attached hydrogens (primary N) is 1. The van der Waals surface area contributed by atoms with Crippen LogP contribution in [0.25, 0.3) is 0 Å². The van der Waals surface area contributed by atoms with E-state index in [0.717, 1.165) is 6.42 Å². The number of nitrogens with one attached hydrogen (secondary N) is 2. The van der Waals surface area contributed by atoms with Crippen molar-refractivity contribution in [3.63, 3.8) is 0 Å². The van der Waals surface area contributed by atoms with Crippen LogP contribution in [0.1, 0.15) is 19.8 Å². The molecule has 1 aromatic rings. The highest BCUT2D eigenvalue weighted by Crippen LogP contribution is 2.16. The Morgan fingerprint density at radius 3 is 2.80 bits per heavy atom. The lowest BCUT2D eigenvalue weighted by molar-refractivity contribution is -0.132. The second-order valence-electron chi connectivity index (χ2n) is 4.50. The van der Waals surface area contributed by atoms with Crippen molar-refractivity contribution in [2.24, 2.45) is 5.84 Å². The van der Waals surface area contributed by atoms with Crippen molar-refractivity contribution < 1.29 is 9.53 Å². The Morgan fingerprint density at radius 2 is 2.15 bits per heavy atom. The maximum atomic E-state index is 11.4. The lowest BCUT2D eigenvalue weighted by Crippen LogP contribution is -2.43. The van der Waals surface area contributed by atoms with E-state index in [1.54, 1.807) is 11.9 Å². The Hall–Kier alpha value is -2.16. The molecule has 1 saturated heterocycles. The number of nitrogens with zero attached hydrogens (tertiary/aromatic N) is 4. The first-order valence-electron chi connectivity index (χ1n) is 6.48. The molecule has 0 spiro atoms. The van der Waals surface area contributed by atoms with Gasteiger partial charge in [-0.1, -0.05) is 0 Å². The molecule has 1 unspecified atom stereocenters. The quantitative estimate of drug-likeness (QED) is 0.492. The molecule has 1 aliphatic rings. The number of carbonyl (C=O) groups excluding carboxylic acids is 1. The number of likely N-dealkylation sites (N-methyl/N-ethyl adjacent to an activating group) is 1. The van der Waals surface area contributed by atoms with Crippen molar-refractivity contribution in [3.05, 3.63) is 0 Å². The fourth-order valence-electron chi connectivity index (χ4n) is 1.99. The predicted octanol–water partition coefficient (Wildman–Crippen LogP) is -0.411. The van der Waals surface area contributed by atoms with E-state index in [0.29, 0.717) is 25.5 Å². The molecule has 9 nitrogen and oxygen atoms in total. The smallest absolute Gasteiger partial charge is 0.323 e. The van der Waals surface area contributed by atoms with Gasteiger partial charge in [-0.15, -0.1) is 0 Å². The minimum Gasteiger partial charge on any atom is -0.464 e. The minimum absolute atomic E-state index is 0.0974. The fourth-order valence-corrected chi connectivity index (χ4v) is 1.99. The van der Waals surface area contributed by atoms with Gasteiger partial charge in [0.2, 0.25) is 17.8 Å². The summed E-state index contributed by atoms with van der Waals surface area (Å²) in [5, 5.41) is 3.17. The maximum Gasteiger partial charge on any atom is 0.323 e. The number of carbonyl (C=O) groups is 1. The van der Waals surface area contributed by atoms with Gasteiger partial charge < -0.3 is 15.0 Å². The number of amides is 1. The maximum absolute atomic E-state index is 11.4. The fraction of sp³-hybridized carbons (Fsp3) is 0.636. The Balaban J connectivity index is 2.08. The monoisotopic (exact) mass is 281 g/mol. The number of aromatic nitrogens is 3.